The van der Waals surface area contributed by atoms with Gasteiger partial charge in [-0.1, -0.05) is 43.7 Å². The Morgan fingerprint density at radius 2 is 1.63 bits per heavy atom. The summed E-state index contributed by atoms with van der Waals surface area (Å²) in [4.78, 5) is 35.6. The third kappa shape index (κ3) is 7.32. The van der Waals surface area contributed by atoms with Gasteiger partial charge in [-0.3, -0.25) is 9.59 Å². The van der Waals surface area contributed by atoms with Crippen molar-refractivity contribution < 1.29 is 19.1 Å². The highest BCUT2D eigenvalue weighted by molar-refractivity contribution is 5.95. The zero-order valence-electron chi connectivity index (χ0n) is 15.4. The molecule has 6 heteroatoms. The monoisotopic (exact) mass is 368 g/mol. The SMILES string of the molecule is CCCCOC(=O)c1ccc(NC(=O)CNC(=O)Cc2ccccc2)cc1. The van der Waals surface area contributed by atoms with Crippen molar-refractivity contribution in [3.8, 4) is 0 Å². The Labute approximate surface area is 158 Å². The van der Waals surface area contributed by atoms with Crippen molar-refractivity contribution in [3.05, 3.63) is 65.7 Å². The van der Waals surface area contributed by atoms with E-state index >= 15 is 0 Å². The van der Waals surface area contributed by atoms with Crippen LogP contribution in [0.2, 0.25) is 0 Å². The zero-order chi connectivity index (χ0) is 19.5. The number of unbranched alkanes of at least 4 members (excludes halogenated alkanes) is 1. The molecule has 2 rings (SSSR count). The molecule has 2 aromatic carbocycles. The molecule has 6 nitrogen and oxygen atoms in total. The van der Waals surface area contributed by atoms with E-state index in [0.717, 1.165) is 18.4 Å². The number of carbonyl (C=O) groups excluding carboxylic acids is 3. The maximum atomic E-state index is 11.9. The van der Waals surface area contributed by atoms with Crippen molar-refractivity contribution in [1.82, 2.24) is 5.32 Å². The van der Waals surface area contributed by atoms with E-state index < -0.39 is 0 Å². The van der Waals surface area contributed by atoms with Gasteiger partial charge in [-0.2, -0.15) is 0 Å². The molecule has 0 bridgehead atoms. The van der Waals surface area contributed by atoms with Gasteiger partial charge in [0.05, 0.1) is 25.1 Å². The average molecular weight is 368 g/mol. The minimum Gasteiger partial charge on any atom is -0.462 e. The lowest BCUT2D eigenvalue weighted by Gasteiger charge is -2.08. The van der Waals surface area contributed by atoms with Gasteiger partial charge in [0.1, 0.15) is 0 Å². The summed E-state index contributed by atoms with van der Waals surface area (Å²) < 4.78 is 5.13. The lowest BCUT2D eigenvalue weighted by atomic mass is 10.1. The molecule has 0 fully saturated rings. The van der Waals surface area contributed by atoms with Crippen LogP contribution < -0.4 is 10.6 Å². The first-order valence-electron chi connectivity index (χ1n) is 8.96. The highest BCUT2D eigenvalue weighted by atomic mass is 16.5. The van der Waals surface area contributed by atoms with Crippen LogP contribution in [0.15, 0.2) is 54.6 Å². The smallest absolute Gasteiger partial charge is 0.338 e. The van der Waals surface area contributed by atoms with Crippen LogP contribution in [0.1, 0.15) is 35.7 Å². The number of hydrogen-bond donors (Lipinski definition) is 2. The molecule has 0 aromatic heterocycles. The second-order valence-corrected chi connectivity index (χ2v) is 6.05. The molecule has 0 saturated carbocycles. The number of hydrogen-bond acceptors (Lipinski definition) is 4. The molecule has 0 radical (unpaired) electrons. The summed E-state index contributed by atoms with van der Waals surface area (Å²) in [5.74, 6) is -0.939. The molecule has 142 valence electrons. The molecule has 0 aliphatic heterocycles. The summed E-state index contributed by atoms with van der Waals surface area (Å²) in [5, 5.41) is 5.26. The van der Waals surface area contributed by atoms with Gasteiger partial charge in [-0.05, 0) is 36.2 Å². The quantitative estimate of drug-likeness (QED) is 0.526. The summed E-state index contributed by atoms with van der Waals surface area (Å²) in [6.45, 7) is 2.30. The normalized spacial score (nSPS) is 10.1. The van der Waals surface area contributed by atoms with Crippen LogP contribution in [0, 0.1) is 0 Å². The van der Waals surface area contributed by atoms with E-state index in [9.17, 15) is 14.4 Å². The fourth-order valence-corrected chi connectivity index (χ4v) is 2.31. The van der Waals surface area contributed by atoms with Crippen LogP contribution in [0.25, 0.3) is 0 Å². The summed E-state index contributed by atoms with van der Waals surface area (Å²) >= 11 is 0. The molecule has 0 spiro atoms. The molecule has 2 N–H and O–H groups in total. The first-order chi connectivity index (χ1) is 13.1. The highest BCUT2D eigenvalue weighted by Crippen LogP contribution is 2.11. The lowest BCUT2D eigenvalue weighted by Crippen LogP contribution is -2.33. The van der Waals surface area contributed by atoms with E-state index in [0.29, 0.717) is 17.9 Å². The Morgan fingerprint density at radius 3 is 2.30 bits per heavy atom. The van der Waals surface area contributed by atoms with Gasteiger partial charge in [-0.25, -0.2) is 4.79 Å². The number of ether oxygens (including phenoxy) is 1. The molecule has 0 atom stereocenters. The molecular formula is C21H24N2O4. The fraction of sp³-hybridized carbons (Fsp3) is 0.286. The Balaban J connectivity index is 1.75. The molecule has 2 aromatic rings. The second kappa shape index (κ2) is 10.8. The van der Waals surface area contributed by atoms with Crippen molar-refractivity contribution in [2.75, 3.05) is 18.5 Å². The van der Waals surface area contributed by atoms with E-state index in [-0.39, 0.29) is 30.7 Å². The topological polar surface area (TPSA) is 84.5 Å². The predicted molar refractivity (Wildman–Crippen MR) is 103 cm³/mol. The summed E-state index contributed by atoms with van der Waals surface area (Å²) in [6.07, 6.45) is 2.01. The minimum atomic E-state index is -0.380. The molecule has 0 unspecified atom stereocenters. The number of benzene rings is 2. The highest BCUT2D eigenvalue weighted by Gasteiger charge is 2.09. The zero-order valence-corrected chi connectivity index (χ0v) is 15.4. The number of esters is 1. The van der Waals surface area contributed by atoms with E-state index in [4.69, 9.17) is 4.74 Å². The molecule has 2 amide bonds. The molecule has 0 saturated heterocycles. The van der Waals surface area contributed by atoms with E-state index in [1.54, 1.807) is 24.3 Å². The van der Waals surface area contributed by atoms with E-state index in [1.807, 2.05) is 37.3 Å². The summed E-state index contributed by atoms with van der Waals surface area (Å²) in [7, 11) is 0. The summed E-state index contributed by atoms with van der Waals surface area (Å²) in [5.41, 5.74) is 1.86. The van der Waals surface area contributed by atoms with E-state index in [2.05, 4.69) is 10.6 Å². The molecular weight excluding hydrogens is 344 g/mol. The Morgan fingerprint density at radius 1 is 0.926 bits per heavy atom. The van der Waals surface area contributed by atoms with Crippen molar-refractivity contribution in [2.45, 2.75) is 26.2 Å². The Bertz CT molecular complexity index is 758. The number of anilines is 1. The number of nitrogens with one attached hydrogen (secondary N) is 2. The van der Waals surface area contributed by atoms with Gasteiger partial charge in [0, 0.05) is 5.69 Å². The van der Waals surface area contributed by atoms with Crippen LogP contribution in [0.3, 0.4) is 0 Å². The predicted octanol–water partition coefficient (Wildman–Crippen LogP) is 2.94. The second-order valence-electron chi connectivity index (χ2n) is 6.05. The molecule has 0 heterocycles. The van der Waals surface area contributed by atoms with Crippen LogP contribution >= 0.6 is 0 Å². The Kier molecular flexibility index (Phi) is 8.03. The maximum absolute atomic E-state index is 11.9. The van der Waals surface area contributed by atoms with Crippen LogP contribution in [-0.2, 0) is 20.7 Å². The largest absolute Gasteiger partial charge is 0.462 e. The van der Waals surface area contributed by atoms with Gasteiger partial charge in [0.2, 0.25) is 11.8 Å². The third-order valence-electron chi connectivity index (χ3n) is 3.79. The average Bonchev–Trinajstić information content (AvgIpc) is 2.68. The van der Waals surface area contributed by atoms with Crippen molar-refractivity contribution in [3.63, 3.8) is 0 Å². The first kappa shape index (κ1) is 20.2. The van der Waals surface area contributed by atoms with Gasteiger partial charge < -0.3 is 15.4 Å². The number of carbonyl (C=O) groups is 3. The lowest BCUT2D eigenvalue weighted by molar-refractivity contribution is -0.123. The molecule has 0 aliphatic carbocycles. The van der Waals surface area contributed by atoms with Gasteiger partial charge in [0.25, 0.3) is 0 Å². The number of rotatable bonds is 9. The minimum absolute atomic E-state index is 0.119. The number of amides is 2. The van der Waals surface area contributed by atoms with Gasteiger partial charge >= 0.3 is 5.97 Å². The standard InChI is InChI=1S/C21H24N2O4/c1-2-3-13-27-21(26)17-9-11-18(12-10-17)23-20(25)15-22-19(24)14-16-7-5-4-6-8-16/h4-12H,2-3,13-15H2,1H3,(H,22,24)(H,23,25). The van der Waals surface area contributed by atoms with Gasteiger partial charge in [-0.15, -0.1) is 0 Å². The van der Waals surface area contributed by atoms with Crippen molar-refractivity contribution in [2.24, 2.45) is 0 Å². The van der Waals surface area contributed by atoms with Crippen LogP contribution in [-0.4, -0.2) is 30.9 Å². The third-order valence-corrected chi connectivity index (χ3v) is 3.79. The van der Waals surface area contributed by atoms with Crippen LogP contribution in [0.4, 0.5) is 5.69 Å². The Hall–Kier alpha value is -3.15. The van der Waals surface area contributed by atoms with Crippen molar-refractivity contribution in [1.29, 1.82) is 0 Å². The van der Waals surface area contributed by atoms with E-state index in [1.165, 1.54) is 0 Å². The fourth-order valence-electron chi connectivity index (χ4n) is 2.31. The van der Waals surface area contributed by atoms with Gasteiger partial charge in [0.15, 0.2) is 0 Å². The molecule has 0 aliphatic rings. The van der Waals surface area contributed by atoms with Crippen molar-refractivity contribution >= 4 is 23.5 Å². The van der Waals surface area contributed by atoms with Crippen LogP contribution in [0.5, 0.6) is 0 Å². The first-order valence-corrected chi connectivity index (χ1v) is 8.96. The maximum Gasteiger partial charge on any atom is 0.338 e. The summed E-state index contributed by atoms with van der Waals surface area (Å²) in [6, 6.07) is 15.8. The molecule has 27 heavy (non-hydrogen) atoms.